The van der Waals surface area contributed by atoms with Gasteiger partial charge in [0.25, 0.3) is 0 Å². The van der Waals surface area contributed by atoms with Crippen molar-refractivity contribution in [2.75, 3.05) is 0 Å². The first-order valence-electron chi connectivity index (χ1n) is 15.4. The molecule has 0 aliphatic heterocycles. The maximum atomic E-state index is 6.61. The Morgan fingerprint density at radius 3 is 2.02 bits per heavy atom. The van der Waals surface area contributed by atoms with Crippen LogP contribution in [0.1, 0.15) is 0 Å². The van der Waals surface area contributed by atoms with E-state index in [0.717, 1.165) is 43.9 Å². The molecule has 0 aliphatic carbocycles. The predicted octanol–water partition coefficient (Wildman–Crippen LogP) is 12.1. The number of fused-ring (bicyclic) bond motifs is 9. The van der Waals surface area contributed by atoms with Crippen LogP contribution in [0.3, 0.4) is 0 Å². The number of nitrogens with zero attached hydrogens (tertiary/aromatic N) is 2. The van der Waals surface area contributed by atoms with Crippen molar-refractivity contribution in [3.63, 3.8) is 0 Å². The second kappa shape index (κ2) is 9.83. The van der Waals surface area contributed by atoms with Gasteiger partial charge in [0.2, 0.25) is 0 Å². The highest BCUT2D eigenvalue weighted by molar-refractivity contribution is 7.26. The van der Waals surface area contributed by atoms with Crippen molar-refractivity contribution in [3.8, 4) is 33.5 Å². The molecule has 7 aromatic carbocycles. The molecule has 46 heavy (non-hydrogen) atoms. The van der Waals surface area contributed by atoms with E-state index < -0.39 is 0 Å². The summed E-state index contributed by atoms with van der Waals surface area (Å²) in [4.78, 5) is 9.48. The van der Waals surface area contributed by atoms with Gasteiger partial charge in [0.1, 0.15) is 23.1 Å². The first-order valence-corrected chi connectivity index (χ1v) is 16.2. The van der Waals surface area contributed by atoms with Crippen molar-refractivity contribution in [3.05, 3.63) is 146 Å². The highest BCUT2D eigenvalue weighted by Gasteiger charge is 2.19. The summed E-state index contributed by atoms with van der Waals surface area (Å²) in [6, 6.07) is 49.8. The largest absolute Gasteiger partial charge is 0.451 e. The van der Waals surface area contributed by atoms with Crippen molar-refractivity contribution >= 4 is 75.1 Å². The molecule has 3 heterocycles. The fourth-order valence-electron chi connectivity index (χ4n) is 7.09. The molecule has 3 nitrogen and oxygen atoms in total. The number of aromatic nitrogens is 2. The van der Waals surface area contributed by atoms with Gasteiger partial charge in [-0.2, -0.15) is 0 Å². The molecule has 0 radical (unpaired) electrons. The monoisotopic (exact) mass is 604 g/mol. The van der Waals surface area contributed by atoms with Gasteiger partial charge in [0.05, 0.1) is 0 Å². The molecule has 3 aromatic heterocycles. The zero-order valence-corrected chi connectivity index (χ0v) is 25.4. The molecule has 0 saturated heterocycles. The van der Waals surface area contributed by atoms with E-state index in [1.54, 1.807) is 6.33 Å². The van der Waals surface area contributed by atoms with Crippen LogP contribution in [0.5, 0.6) is 0 Å². The quantitative estimate of drug-likeness (QED) is 0.201. The number of furan rings is 1. The van der Waals surface area contributed by atoms with Gasteiger partial charge in [0.15, 0.2) is 5.58 Å². The lowest BCUT2D eigenvalue weighted by Crippen LogP contribution is -1.90. The van der Waals surface area contributed by atoms with Gasteiger partial charge < -0.3 is 4.42 Å². The Balaban J connectivity index is 1.15. The van der Waals surface area contributed by atoms with E-state index in [-0.39, 0.29) is 0 Å². The molecule has 0 saturated carbocycles. The standard InChI is InChI=1S/C42H24N2OS/c1-2-12-29-25(9-1)21-22-36-39-41(45-40(29)36)38(43-24-44-39)34-18-8-16-31-28(14-6-17-32(31)34)26-10-5-11-27(23-26)30-15-7-19-35-33-13-3-4-20-37(33)46-42(30)35/h1-24H. The SMILES string of the molecule is c1cc(-c2cccc3c(-c4ncnc5c4oc4c6ccccc6ccc54)cccc23)cc(-c2cccc3c2sc2ccccc23)c1. The average Bonchev–Trinajstić information content (AvgIpc) is 3.70. The summed E-state index contributed by atoms with van der Waals surface area (Å²) in [5.74, 6) is 0. The van der Waals surface area contributed by atoms with Crippen LogP contribution in [0, 0.1) is 0 Å². The van der Waals surface area contributed by atoms with E-state index in [9.17, 15) is 0 Å². The summed E-state index contributed by atoms with van der Waals surface area (Å²) >= 11 is 1.87. The van der Waals surface area contributed by atoms with E-state index >= 15 is 0 Å². The lowest BCUT2D eigenvalue weighted by molar-refractivity contribution is 0.671. The summed E-state index contributed by atoms with van der Waals surface area (Å²) in [7, 11) is 0. The molecule has 0 bridgehead atoms. The van der Waals surface area contributed by atoms with Crippen molar-refractivity contribution in [1.82, 2.24) is 9.97 Å². The molecular weight excluding hydrogens is 581 g/mol. The van der Waals surface area contributed by atoms with Gasteiger partial charge in [-0.05, 0) is 56.6 Å². The lowest BCUT2D eigenvalue weighted by atomic mass is 9.92. The molecule has 10 aromatic rings. The van der Waals surface area contributed by atoms with E-state index in [0.29, 0.717) is 5.58 Å². The molecule has 214 valence electrons. The summed E-state index contributed by atoms with van der Waals surface area (Å²) < 4.78 is 9.26. The van der Waals surface area contributed by atoms with Gasteiger partial charge >= 0.3 is 0 Å². The minimum atomic E-state index is 0.713. The highest BCUT2D eigenvalue weighted by atomic mass is 32.1. The van der Waals surface area contributed by atoms with Crippen molar-refractivity contribution in [2.24, 2.45) is 0 Å². The third-order valence-corrected chi connectivity index (χ3v) is 10.4. The minimum absolute atomic E-state index is 0.713. The van der Waals surface area contributed by atoms with Crippen LogP contribution in [-0.2, 0) is 0 Å². The molecule has 0 spiro atoms. The number of rotatable bonds is 3. The molecular formula is C42H24N2OS. The molecule has 0 fully saturated rings. The van der Waals surface area contributed by atoms with E-state index in [1.165, 1.54) is 47.8 Å². The fraction of sp³-hybridized carbons (Fsp3) is 0. The number of hydrogen-bond acceptors (Lipinski definition) is 4. The van der Waals surface area contributed by atoms with Crippen molar-refractivity contribution in [2.45, 2.75) is 0 Å². The fourth-order valence-corrected chi connectivity index (χ4v) is 8.33. The Labute approximate surface area is 268 Å². The minimum Gasteiger partial charge on any atom is -0.451 e. The highest BCUT2D eigenvalue weighted by Crippen LogP contribution is 2.43. The van der Waals surface area contributed by atoms with Gasteiger partial charge in [0, 0.05) is 36.5 Å². The molecule has 0 atom stereocenters. The molecule has 0 unspecified atom stereocenters. The lowest BCUT2D eigenvalue weighted by Gasteiger charge is -2.12. The van der Waals surface area contributed by atoms with Crippen LogP contribution < -0.4 is 0 Å². The van der Waals surface area contributed by atoms with Crippen LogP contribution in [0.25, 0.3) is 97.3 Å². The van der Waals surface area contributed by atoms with Gasteiger partial charge in [-0.25, -0.2) is 9.97 Å². The number of thiophene rings is 1. The van der Waals surface area contributed by atoms with Crippen LogP contribution >= 0.6 is 11.3 Å². The molecule has 10 rings (SSSR count). The van der Waals surface area contributed by atoms with E-state index in [4.69, 9.17) is 9.40 Å². The summed E-state index contributed by atoms with van der Waals surface area (Å²) in [6.45, 7) is 0. The van der Waals surface area contributed by atoms with Crippen molar-refractivity contribution in [1.29, 1.82) is 0 Å². The summed E-state index contributed by atoms with van der Waals surface area (Å²) in [5, 5.41) is 8.16. The molecule has 0 aliphatic rings. The van der Waals surface area contributed by atoms with Crippen LogP contribution in [0.15, 0.2) is 150 Å². The number of benzene rings is 7. The Bertz CT molecular complexity index is 2830. The smallest absolute Gasteiger partial charge is 0.180 e. The van der Waals surface area contributed by atoms with Crippen LogP contribution in [-0.4, -0.2) is 9.97 Å². The van der Waals surface area contributed by atoms with Crippen LogP contribution in [0.2, 0.25) is 0 Å². The van der Waals surface area contributed by atoms with Crippen LogP contribution in [0.4, 0.5) is 0 Å². The summed E-state index contributed by atoms with van der Waals surface area (Å²) in [5.41, 5.74) is 9.08. The van der Waals surface area contributed by atoms with Gasteiger partial charge in [-0.3, -0.25) is 0 Å². The van der Waals surface area contributed by atoms with Gasteiger partial charge in [-0.15, -0.1) is 11.3 Å². The zero-order valence-electron chi connectivity index (χ0n) is 24.6. The van der Waals surface area contributed by atoms with Gasteiger partial charge in [-0.1, -0.05) is 121 Å². The predicted molar refractivity (Wildman–Crippen MR) is 194 cm³/mol. The molecule has 4 heteroatoms. The topological polar surface area (TPSA) is 38.9 Å². The normalized spacial score (nSPS) is 11.9. The zero-order chi connectivity index (χ0) is 30.2. The maximum absolute atomic E-state index is 6.61. The first kappa shape index (κ1) is 25.5. The Kier molecular flexibility index (Phi) is 5.45. The molecule has 0 amide bonds. The third kappa shape index (κ3) is 3.71. The third-order valence-electron chi connectivity index (χ3n) is 9.21. The van der Waals surface area contributed by atoms with E-state index in [2.05, 4.69) is 138 Å². The van der Waals surface area contributed by atoms with Crippen molar-refractivity contribution < 1.29 is 4.42 Å². The maximum Gasteiger partial charge on any atom is 0.180 e. The second-order valence-corrected chi connectivity index (χ2v) is 12.8. The first-order chi connectivity index (χ1) is 22.8. The average molecular weight is 605 g/mol. The summed E-state index contributed by atoms with van der Waals surface area (Å²) in [6.07, 6.45) is 1.66. The Hall–Kier alpha value is -5.84. The van der Waals surface area contributed by atoms with E-state index in [1.807, 2.05) is 17.4 Å². The Morgan fingerprint density at radius 2 is 1.13 bits per heavy atom. The number of hydrogen-bond donors (Lipinski definition) is 0. The second-order valence-electron chi connectivity index (χ2n) is 11.7. The molecule has 0 N–H and O–H groups in total. The Morgan fingerprint density at radius 1 is 0.457 bits per heavy atom.